The summed E-state index contributed by atoms with van der Waals surface area (Å²) in [5.74, 6) is 0. The van der Waals surface area contributed by atoms with Gasteiger partial charge in [0.05, 0.1) is 0 Å². The molecule has 0 nitrogen and oxygen atoms in total. The molecule has 17 radical (unpaired) electrons. The molecular weight excluding hydrogens is 390 g/mol. The molecule has 2 fully saturated rings. The van der Waals surface area contributed by atoms with E-state index in [4.69, 9.17) is 0 Å². The molecule has 0 amide bonds. The first kappa shape index (κ1) is 23.2. The average Bonchev–Trinajstić information content (AvgIpc) is 2.15. The summed E-state index contributed by atoms with van der Waals surface area (Å²) in [5, 5.41) is 0. The van der Waals surface area contributed by atoms with E-state index in [1.54, 1.807) is 0 Å². The van der Waals surface area contributed by atoms with Gasteiger partial charge in [-0.3, -0.25) is 0 Å². The van der Waals surface area contributed by atoms with Crippen molar-refractivity contribution >= 4 is 0 Å². The van der Waals surface area contributed by atoms with E-state index in [1.165, 1.54) is 0 Å². The predicted molar refractivity (Wildman–Crippen MR) is 68.8 cm³/mol. The number of hydrogen-bond donors (Lipinski definition) is 0. The molecule has 0 bridgehead atoms. The van der Waals surface area contributed by atoms with Crippen LogP contribution in [-0.2, 0) is 0 Å². The van der Waals surface area contributed by atoms with Gasteiger partial charge >= 0.3 is 51.4 Å². The quantitative estimate of drug-likeness (QED) is 0.507. The molecule has 0 aromatic heterocycles. The molecule has 0 aliphatic heterocycles. The number of rotatable bonds is 0. The van der Waals surface area contributed by atoms with Crippen molar-refractivity contribution in [2.24, 2.45) is 0 Å². The first-order valence-electron chi connectivity index (χ1n) is 5.33. The molecule has 2 aliphatic rings. The minimum atomic E-state index is 0. The molecule has 0 unspecified atom stereocenters. The Morgan fingerprint density at radius 2 is 0.278 bits per heavy atom. The SMILES string of the molecule is [CH]1[CH][CH][CH][CH][CH][CH][CH]1.[CH]1[CH][CH][CH][CH][CH][CH][CH]1.[K+].[Tb]. The second-order valence-electron chi connectivity index (χ2n) is 3.08. The van der Waals surface area contributed by atoms with Crippen LogP contribution in [0.25, 0.3) is 0 Å². The summed E-state index contributed by atoms with van der Waals surface area (Å²) in [6, 6.07) is 0. The van der Waals surface area contributed by atoms with Crippen molar-refractivity contribution < 1.29 is 90.0 Å². The van der Waals surface area contributed by atoms with Crippen LogP contribution in [0, 0.1) is 141 Å². The van der Waals surface area contributed by atoms with Crippen LogP contribution >= 0.6 is 0 Å². The molecule has 0 N–H and O–H groups in total. The first-order chi connectivity index (χ1) is 8.00. The van der Waals surface area contributed by atoms with Crippen LogP contribution < -0.4 is 51.4 Å². The Hall–Kier alpha value is 2.92. The second-order valence-corrected chi connectivity index (χ2v) is 3.08. The van der Waals surface area contributed by atoms with Gasteiger partial charge in [0.25, 0.3) is 0 Å². The molecule has 2 heteroatoms. The van der Waals surface area contributed by atoms with Gasteiger partial charge in [-0.1, -0.05) is 0 Å². The van der Waals surface area contributed by atoms with Crippen molar-refractivity contribution in [3.63, 3.8) is 0 Å². The standard InChI is InChI=1S/2C8H8.K.Tb/c2*1-2-4-6-8-7-5-3-1;;/h2*1-8H;;/q;;+1;. The van der Waals surface area contributed by atoms with Crippen molar-refractivity contribution in [3.8, 4) is 0 Å². The summed E-state index contributed by atoms with van der Waals surface area (Å²) in [6.45, 7) is 0. The summed E-state index contributed by atoms with van der Waals surface area (Å²) in [6.07, 6.45) is 32.0. The summed E-state index contributed by atoms with van der Waals surface area (Å²) < 4.78 is 0. The fourth-order valence-corrected chi connectivity index (χ4v) is 1.03. The van der Waals surface area contributed by atoms with Crippen molar-refractivity contribution in [1.29, 1.82) is 0 Å². The Morgan fingerprint density at radius 1 is 0.222 bits per heavy atom. The van der Waals surface area contributed by atoms with Gasteiger partial charge in [0.2, 0.25) is 0 Å². The summed E-state index contributed by atoms with van der Waals surface area (Å²) in [5.41, 5.74) is 0. The van der Waals surface area contributed by atoms with Crippen molar-refractivity contribution in [2.45, 2.75) is 0 Å². The maximum atomic E-state index is 2.00. The van der Waals surface area contributed by atoms with Crippen molar-refractivity contribution in [1.82, 2.24) is 0 Å². The minimum absolute atomic E-state index is 0. The predicted octanol–water partition coefficient (Wildman–Crippen LogP) is 0.273. The van der Waals surface area contributed by atoms with Crippen LogP contribution in [0.5, 0.6) is 0 Å². The Balaban J connectivity index is 0. The zero-order chi connectivity index (χ0) is 11.3. The zero-order valence-corrected chi connectivity index (χ0v) is 15.8. The van der Waals surface area contributed by atoms with Crippen molar-refractivity contribution in [2.75, 3.05) is 0 Å². The molecule has 2 saturated carbocycles. The topological polar surface area (TPSA) is 0 Å². The normalized spacial score (nSPS) is 21.3. The molecule has 0 heterocycles. The second kappa shape index (κ2) is 19.9. The summed E-state index contributed by atoms with van der Waals surface area (Å²) in [4.78, 5) is 0. The molecule has 0 atom stereocenters. The largest absolute Gasteiger partial charge is 1.00 e. The van der Waals surface area contributed by atoms with Crippen LogP contribution in [0.15, 0.2) is 0 Å². The molecule has 2 aliphatic carbocycles. The maximum absolute atomic E-state index is 2.00. The van der Waals surface area contributed by atoms with Crippen molar-refractivity contribution in [3.05, 3.63) is 103 Å². The van der Waals surface area contributed by atoms with Gasteiger partial charge in [0.15, 0.2) is 0 Å². The van der Waals surface area contributed by atoms with Gasteiger partial charge in [0, 0.05) is 38.6 Å². The van der Waals surface area contributed by atoms with Gasteiger partial charge in [0.1, 0.15) is 0 Å². The Morgan fingerprint density at radius 3 is 0.333 bits per heavy atom. The smallest absolute Gasteiger partial charge is 0.0312 e. The molecule has 18 heavy (non-hydrogen) atoms. The van der Waals surface area contributed by atoms with E-state index in [2.05, 4.69) is 0 Å². The van der Waals surface area contributed by atoms with E-state index < -0.39 is 0 Å². The third-order valence-electron chi connectivity index (χ3n) is 1.78. The van der Waals surface area contributed by atoms with Crippen LogP contribution in [0.4, 0.5) is 0 Å². The van der Waals surface area contributed by atoms with Gasteiger partial charge in [-0.25, -0.2) is 0 Å². The number of hydrogen-bond acceptors (Lipinski definition) is 0. The summed E-state index contributed by atoms with van der Waals surface area (Å²) >= 11 is 0. The van der Waals surface area contributed by atoms with Gasteiger partial charge in [-0.05, 0) is 103 Å². The molecule has 0 aromatic carbocycles. The van der Waals surface area contributed by atoms with E-state index in [-0.39, 0.29) is 90.0 Å². The van der Waals surface area contributed by atoms with Gasteiger partial charge in [-0.2, -0.15) is 0 Å². The first-order valence-corrected chi connectivity index (χ1v) is 5.33. The van der Waals surface area contributed by atoms with Crippen LogP contribution in [0.2, 0.25) is 0 Å². The maximum Gasteiger partial charge on any atom is 1.00 e. The Kier molecular flexibility index (Phi) is 25.7. The van der Waals surface area contributed by atoms with Crippen LogP contribution in [-0.4, -0.2) is 0 Å². The monoisotopic (exact) mass is 406 g/mol. The van der Waals surface area contributed by atoms with Crippen LogP contribution in [0.1, 0.15) is 0 Å². The fourth-order valence-electron chi connectivity index (χ4n) is 1.03. The van der Waals surface area contributed by atoms with E-state index in [9.17, 15) is 0 Å². The fraction of sp³-hybridized carbons (Fsp3) is 0. The molecule has 89 valence electrons. The van der Waals surface area contributed by atoms with Crippen LogP contribution in [0.3, 0.4) is 0 Å². The van der Waals surface area contributed by atoms with E-state index in [1.807, 2.05) is 103 Å². The Labute approximate surface area is 189 Å². The van der Waals surface area contributed by atoms with E-state index >= 15 is 0 Å². The third kappa shape index (κ3) is 17.0. The molecule has 2 rings (SSSR count). The summed E-state index contributed by atoms with van der Waals surface area (Å²) in [7, 11) is 0. The minimum Gasteiger partial charge on any atom is -0.0312 e. The Bertz CT molecular complexity index is 75.1. The van der Waals surface area contributed by atoms with Gasteiger partial charge < -0.3 is 0 Å². The average molecular weight is 406 g/mol. The zero-order valence-electron chi connectivity index (χ0n) is 10.6. The van der Waals surface area contributed by atoms with Gasteiger partial charge in [-0.15, -0.1) is 0 Å². The molecule has 0 aromatic rings. The third-order valence-corrected chi connectivity index (χ3v) is 1.78. The molecular formula is C16H16KTb+. The molecule has 0 spiro atoms. The molecule has 0 saturated heterocycles. The van der Waals surface area contributed by atoms with E-state index in [0.717, 1.165) is 0 Å². The van der Waals surface area contributed by atoms with E-state index in [0.29, 0.717) is 0 Å².